The van der Waals surface area contributed by atoms with Gasteiger partial charge in [0.15, 0.2) is 5.88 Å². The molecule has 1 fully saturated rings. The maximum absolute atomic E-state index is 5.08. The molecule has 0 aliphatic carbocycles. The molecule has 0 spiro atoms. The van der Waals surface area contributed by atoms with E-state index in [2.05, 4.69) is 5.32 Å². The summed E-state index contributed by atoms with van der Waals surface area (Å²) in [5, 5.41) is 2.92. The van der Waals surface area contributed by atoms with E-state index in [0.717, 1.165) is 13.2 Å². The summed E-state index contributed by atoms with van der Waals surface area (Å²) in [4.78, 5) is 0. The van der Waals surface area contributed by atoms with Gasteiger partial charge in [-0.2, -0.15) is 0 Å². The second-order valence-electron chi connectivity index (χ2n) is 1.31. The molecule has 1 aliphatic heterocycles. The van der Waals surface area contributed by atoms with Crippen LogP contribution in [-0.2, 0) is 4.74 Å². The molecular weight excluding hydrogens is 90.1 g/mol. The summed E-state index contributed by atoms with van der Waals surface area (Å²) in [6.45, 7) is 6.70. The van der Waals surface area contributed by atoms with Crippen LogP contribution in [0.1, 0.15) is 0 Å². The first kappa shape index (κ1) is 4.50. The molecule has 0 atom stereocenters. The minimum Gasteiger partial charge on any atom is -0.478 e. The first-order valence-electron chi connectivity index (χ1n) is 2.22. The molecule has 0 unspecified atom stereocenters. The second kappa shape index (κ2) is 1.87. The summed E-state index contributed by atoms with van der Waals surface area (Å²) < 4.78 is 4.93. The van der Waals surface area contributed by atoms with Gasteiger partial charge in [0.2, 0.25) is 0 Å². The average Bonchev–Trinajstić information content (AvgIpc) is 2.14. The van der Waals surface area contributed by atoms with Crippen LogP contribution in [0.3, 0.4) is 0 Å². The summed E-state index contributed by atoms with van der Waals surface area (Å²) in [5.41, 5.74) is 0. The topological polar surface area (TPSA) is 21.3 Å². The monoisotopic (exact) mass is 97.1 g/mol. The predicted molar refractivity (Wildman–Crippen MR) is 26.3 cm³/mol. The van der Waals surface area contributed by atoms with Crippen molar-refractivity contribution in [1.29, 1.82) is 0 Å². The third kappa shape index (κ3) is 0.856. The summed E-state index contributed by atoms with van der Waals surface area (Å²) in [5.74, 6) is 0.694. The van der Waals surface area contributed by atoms with Crippen LogP contribution >= 0.6 is 0 Å². The van der Waals surface area contributed by atoms with E-state index in [0.29, 0.717) is 5.88 Å². The standard InChI is InChI=1S/C5H7NO/c1-2-5-6-3-4-7-5/h1-2,6H,3-4H2. The molecule has 1 aliphatic rings. The molecule has 2 radical (unpaired) electrons. The van der Waals surface area contributed by atoms with Crippen LogP contribution in [0.2, 0.25) is 0 Å². The van der Waals surface area contributed by atoms with E-state index >= 15 is 0 Å². The van der Waals surface area contributed by atoms with Crippen molar-refractivity contribution in [3.05, 3.63) is 18.9 Å². The number of hydrogen-bond donors (Lipinski definition) is 1. The number of allylic oxidation sites excluding steroid dienone is 1. The molecule has 0 bridgehead atoms. The predicted octanol–water partition coefficient (Wildman–Crippen LogP) is 0.159. The Bertz CT molecular complexity index is 80.1. The molecule has 0 amide bonds. The Balaban J connectivity index is 2.41. The Labute approximate surface area is 43.2 Å². The number of ether oxygens (including phenoxy) is 1. The van der Waals surface area contributed by atoms with E-state index in [1.807, 2.05) is 0 Å². The second-order valence-corrected chi connectivity index (χ2v) is 1.31. The van der Waals surface area contributed by atoms with E-state index in [1.165, 1.54) is 6.08 Å². The highest BCUT2D eigenvalue weighted by molar-refractivity contribution is 4.95. The fourth-order valence-corrected chi connectivity index (χ4v) is 0.493. The molecule has 7 heavy (non-hydrogen) atoms. The smallest absolute Gasteiger partial charge is 0.182 e. The minimum atomic E-state index is 0.694. The van der Waals surface area contributed by atoms with Crippen LogP contribution in [0.4, 0.5) is 0 Å². The van der Waals surface area contributed by atoms with Gasteiger partial charge in [0.1, 0.15) is 6.61 Å². The molecule has 0 aromatic carbocycles. The highest BCUT2D eigenvalue weighted by Gasteiger charge is 2.01. The van der Waals surface area contributed by atoms with Crippen LogP contribution in [0.25, 0.3) is 0 Å². The Morgan fingerprint density at radius 1 is 1.86 bits per heavy atom. The lowest BCUT2D eigenvalue weighted by atomic mass is 10.6. The van der Waals surface area contributed by atoms with E-state index in [1.54, 1.807) is 0 Å². The Hall–Kier alpha value is -0.660. The first-order valence-corrected chi connectivity index (χ1v) is 2.22. The molecule has 1 heterocycles. The van der Waals surface area contributed by atoms with Gasteiger partial charge in [0.05, 0.1) is 6.54 Å². The van der Waals surface area contributed by atoms with Gasteiger partial charge in [-0.05, 0) is 13.0 Å². The summed E-state index contributed by atoms with van der Waals surface area (Å²) >= 11 is 0. The van der Waals surface area contributed by atoms with Crippen molar-refractivity contribution >= 4 is 0 Å². The van der Waals surface area contributed by atoms with Gasteiger partial charge in [-0.3, -0.25) is 0 Å². The van der Waals surface area contributed by atoms with Crippen LogP contribution in [0.15, 0.2) is 12.0 Å². The fourth-order valence-electron chi connectivity index (χ4n) is 0.493. The van der Waals surface area contributed by atoms with Gasteiger partial charge >= 0.3 is 0 Å². The minimum absolute atomic E-state index is 0.694. The number of nitrogens with one attached hydrogen (secondary N) is 1. The van der Waals surface area contributed by atoms with Gasteiger partial charge in [-0.1, -0.05) is 0 Å². The van der Waals surface area contributed by atoms with Crippen LogP contribution in [0, 0.1) is 6.92 Å². The summed E-state index contributed by atoms with van der Waals surface area (Å²) in [7, 11) is 0. The zero-order chi connectivity index (χ0) is 5.11. The van der Waals surface area contributed by atoms with Crippen LogP contribution < -0.4 is 5.32 Å². The highest BCUT2D eigenvalue weighted by atomic mass is 16.5. The van der Waals surface area contributed by atoms with Crippen molar-refractivity contribution in [2.75, 3.05) is 13.2 Å². The molecule has 0 aromatic heterocycles. The largest absolute Gasteiger partial charge is 0.478 e. The van der Waals surface area contributed by atoms with Gasteiger partial charge in [-0.25, -0.2) is 0 Å². The lowest BCUT2D eigenvalue weighted by Gasteiger charge is -1.91. The van der Waals surface area contributed by atoms with Gasteiger partial charge in [0, 0.05) is 0 Å². The van der Waals surface area contributed by atoms with Gasteiger partial charge in [-0.15, -0.1) is 0 Å². The third-order valence-electron chi connectivity index (χ3n) is 0.810. The molecule has 38 valence electrons. The molecule has 1 rings (SSSR count). The molecule has 2 heteroatoms. The van der Waals surface area contributed by atoms with E-state index in [9.17, 15) is 0 Å². The lowest BCUT2D eigenvalue weighted by Crippen LogP contribution is -2.03. The van der Waals surface area contributed by atoms with Crippen molar-refractivity contribution < 1.29 is 4.74 Å². The molecule has 0 aromatic rings. The molecular formula is C5H7NO. The zero-order valence-corrected chi connectivity index (χ0v) is 3.98. The molecule has 0 saturated carbocycles. The SMILES string of the molecule is [CH]C=C1NCCO1. The zero-order valence-electron chi connectivity index (χ0n) is 3.98. The molecule has 1 N–H and O–H groups in total. The maximum atomic E-state index is 5.08. The number of hydrogen-bond acceptors (Lipinski definition) is 2. The average molecular weight is 97.1 g/mol. The van der Waals surface area contributed by atoms with Crippen molar-refractivity contribution in [2.45, 2.75) is 0 Å². The summed E-state index contributed by atoms with van der Waals surface area (Å²) in [6, 6.07) is 0. The first-order chi connectivity index (χ1) is 3.43. The third-order valence-corrected chi connectivity index (χ3v) is 0.810. The van der Waals surface area contributed by atoms with E-state index in [-0.39, 0.29) is 0 Å². The molecule has 2 nitrogen and oxygen atoms in total. The maximum Gasteiger partial charge on any atom is 0.182 e. The molecule has 1 saturated heterocycles. The fraction of sp³-hybridized carbons (Fsp3) is 0.400. The summed E-state index contributed by atoms with van der Waals surface area (Å²) in [6.07, 6.45) is 1.42. The normalized spacial score (nSPS) is 24.4. The Kier molecular flexibility index (Phi) is 1.20. The quantitative estimate of drug-likeness (QED) is 0.465. The lowest BCUT2D eigenvalue weighted by molar-refractivity contribution is 0.265. The van der Waals surface area contributed by atoms with Crippen LogP contribution in [0.5, 0.6) is 0 Å². The van der Waals surface area contributed by atoms with Crippen molar-refractivity contribution in [3.63, 3.8) is 0 Å². The Morgan fingerprint density at radius 3 is 3.00 bits per heavy atom. The highest BCUT2D eigenvalue weighted by Crippen LogP contribution is 1.96. The van der Waals surface area contributed by atoms with Crippen molar-refractivity contribution in [1.82, 2.24) is 5.32 Å². The van der Waals surface area contributed by atoms with Crippen molar-refractivity contribution in [2.24, 2.45) is 0 Å². The van der Waals surface area contributed by atoms with Gasteiger partial charge in [0.25, 0.3) is 0 Å². The number of rotatable bonds is 0. The van der Waals surface area contributed by atoms with Crippen LogP contribution in [-0.4, -0.2) is 13.2 Å². The van der Waals surface area contributed by atoms with Crippen molar-refractivity contribution in [3.8, 4) is 0 Å². The van der Waals surface area contributed by atoms with E-state index in [4.69, 9.17) is 11.7 Å². The van der Waals surface area contributed by atoms with Gasteiger partial charge < -0.3 is 10.1 Å². The van der Waals surface area contributed by atoms with E-state index < -0.39 is 0 Å². The Morgan fingerprint density at radius 2 is 2.71 bits per heavy atom.